The van der Waals surface area contributed by atoms with Gasteiger partial charge in [-0.2, -0.15) is 0 Å². The molecule has 1 saturated heterocycles. The molecule has 312 valence electrons. The molecule has 0 aliphatic carbocycles. The summed E-state index contributed by atoms with van der Waals surface area (Å²) in [4.78, 5) is 73.4. The van der Waals surface area contributed by atoms with Gasteiger partial charge in [-0.3, -0.25) is 28.8 Å². The summed E-state index contributed by atoms with van der Waals surface area (Å²) in [7, 11) is 0. The van der Waals surface area contributed by atoms with Gasteiger partial charge in [0.1, 0.15) is 18.8 Å². The minimum atomic E-state index is -1.34. The van der Waals surface area contributed by atoms with Gasteiger partial charge in [-0.1, -0.05) is 84.0 Å². The van der Waals surface area contributed by atoms with Crippen LogP contribution < -0.4 is 16.4 Å². The molecule has 4 N–H and O–H groups in total. The molecule has 1 heterocycles. The van der Waals surface area contributed by atoms with Crippen molar-refractivity contribution < 1.29 is 57.2 Å². The Morgan fingerprint density at radius 2 is 1.19 bits per heavy atom. The Hall–Kier alpha value is -3.30. The summed E-state index contributed by atoms with van der Waals surface area (Å²) in [6.45, 7) is 7.14. The first-order valence-corrected chi connectivity index (χ1v) is 20.1. The van der Waals surface area contributed by atoms with E-state index in [1.165, 1.54) is 71.1 Å². The van der Waals surface area contributed by atoms with Crippen molar-refractivity contribution in [2.75, 3.05) is 26.3 Å². The van der Waals surface area contributed by atoms with E-state index in [1.54, 1.807) is 0 Å². The van der Waals surface area contributed by atoms with Crippen molar-refractivity contribution in [1.29, 1.82) is 0 Å². The molecular weight excluding hydrogens is 702 g/mol. The number of carbonyl (C=O) groups is 6. The highest BCUT2D eigenvalue weighted by Crippen LogP contribution is 2.30. The molecule has 0 aromatic carbocycles. The Balaban J connectivity index is 2.64. The summed E-state index contributed by atoms with van der Waals surface area (Å²) in [6.07, 6.45) is 11.9. The van der Waals surface area contributed by atoms with Gasteiger partial charge < -0.3 is 44.8 Å². The first kappa shape index (κ1) is 48.7. The van der Waals surface area contributed by atoms with Crippen LogP contribution in [0.3, 0.4) is 0 Å². The molecule has 1 aliphatic rings. The predicted octanol–water partition coefficient (Wildman–Crippen LogP) is 4.69. The molecule has 1 aliphatic heterocycles. The average molecular weight is 772 g/mol. The maximum Gasteiger partial charge on any atom is 0.303 e. The van der Waals surface area contributed by atoms with Gasteiger partial charge in [-0.15, -0.1) is 0 Å². The summed E-state index contributed by atoms with van der Waals surface area (Å²) < 4.78 is 33.1. The smallest absolute Gasteiger partial charge is 0.303 e. The molecule has 6 atom stereocenters. The number of ether oxygens (including phenoxy) is 6. The van der Waals surface area contributed by atoms with E-state index in [-0.39, 0.29) is 31.6 Å². The van der Waals surface area contributed by atoms with E-state index in [9.17, 15) is 28.8 Å². The molecule has 15 heteroatoms. The fourth-order valence-electron chi connectivity index (χ4n) is 6.26. The first-order valence-electron chi connectivity index (χ1n) is 20.1. The monoisotopic (exact) mass is 771 g/mol. The lowest BCUT2D eigenvalue weighted by Gasteiger charge is -2.44. The number of esters is 4. The van der Waals surface area contributed by atoms with Crippen LogP contribution in [0, 0.1) is 0 Å². The van der Waals surface area contributed by atoms with Gasteiger partial charge in [0.15, 0.2) is 24.6 Å². The Morgan fingerprint density at radius 1 is 0.648 bits per heavy atom. The molecule has 54 heavy (non-hydrogen) atoms. The van der Waals surface area contributed by atoms with Crippen LogP contribution in [0.15, 0.2) is 0 Å². The Morgan fingerprint density at radius 3 is 1.72 bits per heavy atom. The lowest BCUT2D eigenvalue weighted by Crippen LogP contribution is -2.63. The number of unbranched alkanes of at least 4 members (excludes halogenated alkanes) is 13. The second kappa shape index (κ2) is 30.0. The van der Waals surface area contributed by atoms with Crippen LogP contribution in [0.4, 0.5) is 0 Å². The highest BCUT2D eigenvalue weighted by atomic mass is 16.7. The van der Waals surface area contributed by atoms with Gasteiger partial charge >= 0.3 is 23.9 Å². The van der Waals surface area contributed by atoms with Crippen molar-refractivity contribution in [3.8, 4) is 0 Å². The van der Waals surface area contributed by atoms with Crippen LogP contribution in [0.25, 0.3) is 0 Å². The molecule has 1 fully saturated rings. The predicted molar refractivity (Wildman–Crippen MR) is 201 cm³/mol. The lowest BCUT2D eigenvalue weighted by atomic mass is 9.98. The summed E-state index contributed by atoms with van der Waals surface area (Å²) >= 11 is 0. The Kier molecular flexibility index (Phi) is 27.1. The zero-order valence-electron chi connectivity index (χ0n) is 33.5. The average Bonchev–Trinajstić information content (AvgIpc) is 3.10. The highest BCUT2D eigenvalue weighted by Gasteiger charge is 2.52. The van der Waals surface area contributed by atoms with Crippen molar-refractivity contribution in [2.24, 2.45) is 5.73 Å². The summed E-state index contributed by atoms with van der Waals surface area (Å²) in [6, 6.07) is -0.702. The maximum atomic E-state index is 13.1. The van der Waals surface area contributed by atoms with Crippen molar-refractivity contribution in [3.05, 3.63) is 0 Å². The second-order valence-corrected chi connectivity index (χ2v) is 14.0. The lowest BCUT2D eigenvalue weighted by molar-refractivity contribution is -0.308. The van der Waals surface area contributed by atoms with Crippen LogP contribution >= 0.6 is 0 Å². The highest BCUT2D eigenvalue weighted by molar-refractivity contribution is 5.87. The number of nitrogens with two attached hydrogens (primary N) is 1. The topological polar surface area (TPSA) is 208 Å². The molecule has 0 aromatic rings. The Labute approximate surface area is 322 Å². The third-order valence-electron chi connectivity index (χ3n) is 8.96. The molecule has 0 radical (unpaired) electrons. The van der Waals surface area contributed by atoms with E-state index >= 15 is 0 Å². The Bertz CT molecular complexity index is 1110. The van der Waals surface area contributed by atoms with E-state index in [0.717, 1.165) is 46.5 Å². The number of nitrogens with one attached hydrogen (secondary N) is 2. The van der Waals surface area contributed by atoms with E-state index in [0.29, 0.717) is 32.2 Å². The number of rotatable bonds is 30. The molecule has 0 saturated carbocycles. The molecule has 0 bridgehead atoms. The van der Waals surface area contributed by atoms with Gasteiger partial charge in [0.2, 0.25) is 11.8 Å². The van der Waals surface area contributed by atoms with E-state index in [4.69, 9.17) is 34.2 Å². The molecule has 0 spiro atoms. The largest absolute Gasteiger partial charge is 0.463 e. The third-order valence-corrected chi connectivity index (χ3v) is 8.96. The molecule has 2 amide bonds. The van der Waals surface area contributed by atoms with Gasteiger partial charge in [0.25, 0.3) is 0 Å². The molecular formula is C39H69N3O12. The van der Waals surface area contributed by atoms with Crippen molar-refractivity contribution in [3.63, 3.8) is 0 Å². The number of carbonyl (C=O) groups excluding carboxylic acids is 6. The van der Waals surface area contributed by atoms with Gasteiger partial charge in [-0.05, 0) is 38.6 Å². The van der Waals surface area contributed by atoms with Crippen molar-refractivity contribution in [2.45, 2.75) is 187 Å². The van der Waals surface area contributed by atoms with Crippen molar-refractivity contribution >= 4 is 35.7 Å². The van der Waals surface area contributed by atoms with E-state index < -0.39 is 60.6 Å². The summed E-state index contributed by atoms with van der Waals surface area (Å²) in [5.74, 6) is -3.32. The number of hydrogen-bond donors (Lipinski definition) is 3. The van der Waals surface area contributed by atoms with Gasteiger partial charge in [-0.25, -0.2) is 0 Å². The fraction of sp³-hybridized carbons (Fsp3) is 0.846. The fourth-order valence-corrected chi connectivity index (χ4v) is 6.26. The normalized spacial score (nSPS) is 20.0. The zero-order chi connectivity index (χ0) is 40.1. The van der Waals surface area contributed by atoms with E-state index in [2.05, 4.69) is 17.6 Å². The van der Waals surface area contributed by atoms with Crippen LogP contribution in [0.2, 0.25) is 0 Å². The maximum absolute atomic E-state index is 13.1. The SMILES string of the molecule is CCCCCCCCCCCCCCCC(=O)N[C@@H](CCCCN)C(=O)NCCCO[C@@H]1O[C@H](COC(C)=O)[C@H](OC(C)=O)[C@H](OC(C)=O)[C@H]1OC(C)=O. The van der Waals surface area contributed by atoms with Crippen LogP contribution in [0.1, 0.15) is 150 Å². The minimum absolute atomic E-state index is 0.00271. The zero-order valence-corrected chi connectivity index (χ0v) is 33.5. The van der Waals surface area contributed by atoms with Crippen molar-refractivity contribution in [1.82, 2.24) is 10.6 Å². The van der Waals surface area contributed by atoms with Gasteiger partial charge in [0.05, 0.1) is 6.61 Å². The first-order chi connectivity index (χ1) is 25.9. The molecule has 1 rings (SSSR count). The van der Waals surface area contributed by atoms with Crippen LogP contribution in [-0.4, -0.2) is 98.7 Å². The quantitative estimate of drug-likeness (QED) is 0.0515. The van der Waals surface area contributed by atoms with Crippen LogP contribution in [-0.2, 0) is 57.2 Å². The third kappa shape index (κ3) is 22.8. The molecule has 0 aromatic heterocycles. The number of hydrogen-bond acceptors (Lipinski definition) is 13. The standard InChI is InChI=1S/C39H69N3O12/c1-6-7-8-9-10-11-12-13-14-15-16-17-18-23-34(47)42-32(22-19-20-24-40)38(48)41-25-21-26-49-39-37(53-31(5)46)36(52-30(4)45)35(51-29(3)44)33(54-39)27-50-28(2)43/h32-33,35-37,39H,6-27,40H2,1-5H3,(H,41,48)(H,42,47)/t32-,33+,35-,36-,37+,39+/m0/s1. The minimum Gasteiger partial charge on any atom is -0.463 e. The molecule has 0 unspecified atom stereocenters. The van der Waals surface area contributed by atoms with Gasteiger partial charge in [0, 0.05) is 40.7 Å². The van der Waals surface area contributed by atoms with Crippen LogP contribution in [0.5, 0.6) is 0 Å². The second-order valence-electron chi connectivity index (χ2n) is 14.0. The molecule has 15 nitrogen and oxygen atoms in total. The van der Waals surface area contributed by atoms with E-state index in [1.807, 2.05) is 0 Å². The summed E-state index contributed by atoms with van der Waals surface area (Å²) in [5.41, 5.74) is 5.66. The summed E-state index contributed by atoms with van der Waals surface area (Å²) in [5, 5.41) is 5.74. The number of amides is 2.